The fourth-order valence-electron chi connectivity index (χ4n) is 0.973. The van der Waals surface area contributed by atoms with Gasteiger partial charge in [0.05, 0.1) is 12.6 Å². The van der Waals surface area contributed by atoms with Crippen molar-refractivity contribution in [1.29, 1.82) is 5.41 Å². The van der Waals surface area contributed by atoms with Crippen LogP contribution in [0.1, 0.15) is 0 Å². The Labute approximate surface area is 70.6 Å². The average molecular weight is 170 g/mol. The minimum absolute atomic E-state index is 0.224. The normalized spacial score (nSPS) is 13.2. The number of nitrogens with zero attached hydrogens (tertiary/aromatic N) is 2. The van der Waals surface area contributed by atoms with Crippen LogP contribution in [0.15, 0.2) is 12.4 Å². The lowest BCUT2D eigenvalue weighted by atomic mass is 10.3. The van der Waals surface area contributed by atoms with Crippen molar-refractivity contribution in [2.24, 2.45) is 12.8 Å². The number of nitrogens with two attached hydrogens (primary N) is 1. The van der Waals surface area contributed by atoms with E-state index in [-0.39, 0.29) is 6.54 Å². The largest absolute Gasteiger partial charge is 0.390 e. The highest BCUT2D eigenvalue weighted by Crippen LogP contribution is 1.86. The Bertz CT molecular complexity index is 301. The first kappa shape index (κ1) is 9.02. The molecule has 1 aromatic heterocycles. The van der Waals surface area contributed by atoms with Gasteiger partial charge in [0, 0.05) is 26.0 Å². The zero-order valence-corrected chi connectivity index (χ0v) is 7.07. The quantitative estimate of drug-likeness (QED) is 0.523. The summed E-state index contributed by atoms with van der Waals surface area (Å²) in [5, 5.41) is 16.7. The number of aryl methyl sites for hydroxylation is 1. The van der Waals surface area contributed by atoms with E-state index >= 15 is 0 Å². The summed E-state index contributed by atoms with van der Waals surface area (Å²) >= 11 is 0. The highest BCUT2D eigenvalue weighted by atomic mass is 16.3. The molecule has 1 aromatic rings. The Balaban J connectivity index is 2.76. The van der Waals surface area contributed by atoms with Gasteiger partial charge in [-0.05, 0) is 0 Å². The molecule has 0 aliphatic rings. The molecule has 1 unspecified atom stereocenters. The number of aliphatic hydroxyl groups excluding tert-OH is 1. The molecule has 0 saturated heterocycles. The Hall–Kier alpha value is -1.07. The SMILES string of the molecule is Cn1ccn(CC(O)CN)c1=N. The van der Waals surface area contributed by atoms with E-state index in [1.807, 2.05) is 0 Å². The third-order valence-corrected chi connectivity index (χ3v) is 1.76. The van der Waals surface area contributed by atoms with E-state index in [0.717, 1.165) is 0 Å². The molecule has 0 saturated carbocycles. The third-order valence-electron chi connectivity index (χ3n) is 1.76. The first-order valence-electron chi connectivity index (χ1n) is 3.79. The van der Waals surface area contributed by atoms with Crippen LogP contribution >= 0.6 is 0 Å². The van der Waals surface area contributed by atoms with Gasteiger partial charge in [-0.25, -0.2) is 0 Å². The Morgan fingerprint density at radius 3 is 2.75 bits per heavy atom. The molecule has 0 spiro atoms. The molecule has 1 atom stereocenters. The van der Waals surface area contributed by atoms with Crippen LogP contribution in [0, 0.1) is 5.41 Å². The number of nitrogens with one attached hydrogen (secondary N) is 1. The molecule has 0 bridgehead atoms. The summed E-state index contributed by atoms with van der Waals surface area (Å²) in [5.41, 5.74) is 5.61. The van der Waals surface area contributed by atoms with Gasteiger partial charge in [0.15, 0.2) is 0 Å². The summed E-state index contributed by atoms with van der Waals surface area (Å²) in [6, 6.07) is 0. The highest BCUT2D eigenvalue weighted by Gasteiger charge is 2.03. The Morgan fingerprint density at radius 2 is 2.33 bits per heavy atom. The van der Waals surface area contributed by atoms with Crippen LogP contribution in [0.25, 0.3) is 0 Å². The summed E-state index contributed by atoms with van der Waals surface area (Å²) in [7, 11) is 1.79. The van der Waals surface area contributed by atoms with E-state index in [0.29, 0.717) is 12.2 Å². The van der Waals surface area contributed by atoms with Crippen molar-refractivity contribution in [2.75, 3.05) is 6.54 Å². The van der Waals surface area contributed by atoms with Gasteiger partial charge in [0.25, 0.3) is 0 Å². The van der Waals surface area contributed by atoms with Crippen LogP contribution in [0.5, 0.6) is 0 Å². The molecule has 4 N–H and O–H groups in total. The molecule has 0 aliphatic carbocycles. The highest BCUT2D eigenvalue weighted by molar-refractivity contribution is 4.78. The minimum atomic E-state index is -0.568. The molecule has 0 aliphatic heterocycles. The maximum absolute atomic E-state index is 9.21. The first-order valence-corrected chi connectivity index (χ1v) is 3.79. The number of rotatable bonds is 3. The molecular formula is C7H14N4O. The molecule has 0 amide bonds. The molecule has 68 valence electrons. The molecule has 12 heavy (non-hydrogen) atoms. The second-order valence-electron chi connectivity index (χ2n) is 2.77. The second-order valence-corrected chi connectivity index (χ2v) is 2.77. The van der Waals surface area contributed by atoms with Crippen LogP contribution in [-0.4, -0.2) is 26.9 Å². The number of imidazole rings is 1. The number of hydrogen-bond acceptors (Lipinski definition) is 3. The van der Waals surface area contributed by atoms with Gasteiger partial charge in [-0.2, -0.15) is 0 Å². The van der Waals surface area contributed by atoms with Gasteiger partial charge < -0.3 is 20.0 Å². The fraction of sp³-hybridized carbons (Fsp3) is 0.571. The molecule has 1 rings (SSSR count). The molecule has 1 heterocycles. The topological polar surface area (TPSA) is 80.0 Å². The maximum Gasteiger partial charge on any atom is 0.201 e. The second kappa shape index (κ2) is 3.55. The van der Waals surface area contributed by atoms with Crippen molar-refractivity contribution < 1.29 is 5.11 Å². The summed E-state index contributed by atoms with van der Waals surface area (Å²) in [6.07, 6.45) is 2.95. The molecular weight excluding hydrogens is 156 g/mol. The van der Waals surface area contributed by atoms with Gasteiger partial charge in [0.1, 0.15) is 0 Å². The van der Waals surface area contributed by atoms with E-state index < -0.39 is 6.10 Å². The summed E-state index contributed by atoms with van der Waals surface area (Å²) in [5.74, 6) is 0. The molecule has 0 aromatic carbocycles. The van der Waals surface area contributed by atoms with Gasteiger partial charge >= 0.3 is 0 Å². The lowest BCUT2D eigenvalue weighted by molar-refractivity contribution is 0.160. The van der Waals surface area contributed by atoms with Crippen LogP contribution in [0.2, 0.25) is 0 Å². The predicted octanol–water partition coefficient (Wildman–Crippen LogP) is -1.37. The Kier molecular flexibility index (Phi) is 2.67. The fourth-order valence-corrected chi connectivity index (χ4v) is 0.973. The number of aromatic nitrogens is 2. The van der Waals surface area contributed by atoms with E-state index in [2.05, 4.69) is 0 Å². The zero-order chi connectivity index (χ0) is 9.14. The van der Waals surface area contributed by atoms with Gasteiger partial charge in [-0.1, -0.05) is 0 Å². The standard InChI is InChI=1S/C7H14N4O/c1-10-2-3-11(7(10)9)5-6(12)4-8/h2-3,6,9,12H,4-5,8H2,1H3. The monoisotopic (exact) mass is 170 g/mol. The van der Waals surface area contributed by atoms with Crippen LogP contribution in [-0.2, 0) is 13.6 Å². The summed E-state index contributed by atoms with van der Waals surface area (Å²) < 4.78 is 3.32. The maximum atomic E-state index is 9.21. The van der Waals surface area contributed by atoms with E-state index in [9.17, 15) is 5.11 Å². The first-order chi connectivity index (χ1) is 5.65. The van der Waals surface area contributed by atoms with E-state index in [1.165, 1.54) is 0 Å². The lowest BCUT2D eigenvalue weighted by Gasteiger charge is -2.07. The van der Waals surface area contributed by atoms with Crippen molar-refractivity contribution in [3.63, 3.8) is 0 Å². The van der Waals surface area contributed by atoms with Crippen LogP contribution in [0.3, 0.4) is 0 Å². The molecule has 0 fully saturated rings. The van der Waals surface area contributed by atoms with Crippen molar-refractivity contribution in [3.05, 3.63) is 18.0 Å². The van der Waals surface area contributed by atoms with Crippen molar-refractivity contribution in [1.82, 2.24) is 9.13 Å². The van der Waals surface area contributed by atoms with Crippen LogP contribution in [0.4, 0.5) is 0 Å². The summed E-state index contributed by atoms with van der Waals surface area (Å²) in [4.78, 5) is 0. The molecule has 5 nitrogen and oxygen atoms in total. The van der Waals surface area contributed by atoms with Gasteiger partial charge in [0.2, 0.25) is 5.62 Å². The van der Waals surface area contributed by atoms with E-state index in [1.54, 1.807) is 28.6 Å². The van der Waals surface area contributed by atoms with Crippen molar-refractivity contribution >= 4 is 0 Å². The predicted molar refractivity (Wildman–Crippen MR) is 44.3 cm³/mol. The lowest BCUT2D eigenvalue weighted by Crippen LogP contribution is -2.31. The number of aliphatic hydroxyl groups is 1. The van der Waals surface area contributed by atoms with Gasteiger partial charge in [-0.15, -0.1) is 0 Å². The van der Waals surface area contributed by atoms with Crippen molar-refractivity contribution in [3.8, 4) is 0 Å². The van der Waals surface area contributed by atoms with Gasteiger partial charge in [-0.3, -0.25) is 5.41 Å². The number of hydrogen-bond donors (Lipinski definition) is 3. The smallest absolute Gasteiger partial charge is 0.201 e. The molecule has 5 heteroatoms. The zero-order valence-electron chi connectivity index (χ0n) is 7.07. The van der Waals surface area contributed by atoms with E-state index in [4.69, 9.17) is 11.1 Å². The Morgan fingerprint density at radius 1 is 1.67 bits per heavy atom. The summed E-state index contributed by atoms with van der Waals surface area (Å²) in [6.45, 7) is 0.609. The molecule has 0 radical (unpaired) electrons. The average Bonchev–Trinajstić information content (AvgIpc) is 2.36. The minimum Gasteiger partial charge on any atom is -0.390 e. The third kappa shape index (κ3) is 1.75. The van der Waals surface area contributed by atoms with Crippen molar-refractivity contribution in [2.45, 2.75) is 12.6 Å². The van der Waals surface area contributed by atoms with Crippen LogP contribution < -0.4 is 11.4 Å².